The molecule has 1 fully saturated rings. The van der Waals surface area contributed by atoms with Crippen LogP contribution < -0.4 is 15.8 Å². The van der Waals surface area contributed by atoms with Crippen molar-refractivity contribution in [3.8, 4) is 5.75 Å². The molecule has 2 unspecified atom stereocenters. The Labute approximate surface area is 131 Å². The lowest BCUT2D eigenvalue weighted by molar-refractivity contribution is -0.274. The third kappa shape index (κ3) is 4.14. The van der Waals surface area contributed by atoms with Gasteiger partial charge in [0.1, 0.15) is 11.3 Å². The summed E-state index contributed by atoms with van der Waals surface area (Å²) in [5.41, 5.74) is 4.28. The lowest BCUT2D eigenvalue weighted by Gasteiger charge is -2.22. The van der Waals surface area contributed by atoms with E-state index in [2.05, 4.69) is 10.1 Å². The van der Waals surface area contributed by atoms with E-state index in [0.29, 0.717) is 12.0 Å². The van der Waals surface area contributed by atoms with E-state index in [1.165, 1.54) is 32.0 Å². The highest BCUT2D eigenvalue weighted by molar-refractivity contribution is 5.91. The Morgan fingerprint density at radius 3 is 2.43 bits per heavy atom. The van der Waals surface area contributed by atoms with Crippen LogP contribution >= 0.6 is 0 Å². The molecule has 1 aliphatic carbocycles. The van der Waals surface area contributed by atoms with Gasteiger partial charge < -0.3 is 15.8 Å². The van der Waals surface area contributed by atoms with Gasteiger partial charge in [0.05, 0.1) is 0 Å². The van der Waals surface area contributed by atoms with E-state index < -0.39 is 29.6 Å². The third-order valence-electron chi connectivity index (χ3n) is 3.72. The van der Waals surface area contributed by atoms with Gasteiger partial charge in [-0.2, -0.15) is 0 Å². The number of benzene rings is 1. The lowest BCUT2D eigenvalue weighted by atomic mass is 10.0. The number of primary amides is 1. The number of hydrogen-bond donors (Lipinski definition) is 2. The SMILES string of the molecule is CC(C)(NC(=O)C1CC1c1ccccc1OC(F)(F)F)C(N)=O. The number of alkyl halides is 3. The van der Waals surface area contributed by atoms with E-state index >= 15 is 0 Å². The molecule has 0 heterocycles. The summed E-state index contributed by atoms with van der Waals surface area (Å²) >= 11 is 0. The van der Waals surface area contributed by atoms with Crippen LogP contribution in [-0.4, -0.2) is 23.7 Å². The normalized spacial score (nSPS) is 20.7. The van der Waals surface area contributed by atoms with Crippen LogP contribution in [0, 0.1) is 5.92 Å². The maximum absolute atomic E-state index is 12.4. The molecule has 2 rings (SSSR count). The minimum absolute atomic E-state index is 0.311. The molecule has 1 aliphatic rings. The number of para-hydroxylation sites is 1. The minimum Gasteiger partial charge on any atom is -0.405 e. The molecule has 8 heteroatoms. The van der Waals surface area contributed by atoms with E-state index in [-0.39, 0.29) is 11.7 Å². The van der Waals surface area contributed by atoms with Crippen molar-refractivity contribution in [3.63, 3.8) is 0 Å². The van der Waals surface area contributed by atoms with Crippen LogP contribution in [0.4, 0.5) is 13.2 Å². The van der Waals surface area contributed by atoms with Crippen molar-refractivity contribution in [2.45, 2.75) is 38.1 Å². The predicted octanol–water partition coefficient (Wildman–Crippen LogP) is 2.07. The van der Waals surface area contributed by atoms with Crippen molar-refractivity contribution in [3.05, 3.63) is 29.8 Å². The summed E-state index contributed by atoms with van der Waals surface area (Å²) < 4.78 is 41.3. The Bertz CT molecular complexity index is 629. The van der Waals surface area contributed by atoms with Gasteiger partial charge in [0.15, 0.2) is 0 Å². The molecule has 0 aromatic heterocycles. The number of hydrogen-bond acceptors (Lipinski definition) is 3. The van der Waals surface area contributed by atoms with Crippen LogP contribution in [0.15, 0.2) is 24.3 Å². The zero-order valence-corrected chi connectivity index (χ0v) is 12.6. The predicted molar refractivity (Wildman–Crippen MR) is 75.4 cm³/mol. The number of ether oxygens (including phenoxy) is 1. The summed E-state index contributed by atoms with van der Waals surface area (Å²) in [4.78, 5) is 23.3. The molecule has 1 aromatic rings. The van der Waals surface area contributed by atoms with Crippen LogP contribution in [0.5, 0.6) is 5.75 Å². The van der Waals surface area contributed by atoms with Gasteiger partial charge in [0.25, 0.3) is 0 Å². The molecule has 0 spiro atoms. The van der Waals surface area contributed by atoms with Crippen molar-refractivity contribution in [2.75, 3.05) is 0 Å². The first-order valence-corrected chi connectivity index (χ1v) is 6.98. The standard InChI is InChI=1S/C15H17F3N2O3/c1-14(2,13(19)22)20-12(21)10-7-9(10)8-5-3-4-6-11(8)23-15(16,17)18/h3-6,9-10H,7H2,1-2H3,(H2,19,22)(H,20,21). The van der Waals surface area contributed by atoms with Gasteiger partial charge in [-0.15, -0.1) is 13.2 Å². The number of carbonyl (C=O) groups is 2. The zero-order valence-electron chi connectivity index (χ0n) is 12.6. The Morgan fingerprint density at radius 1 is 1.26 bits per heavy atom. The highest BCUT2D eigenvalue weighted by Gasteiger charge is 2.47. The first-order valence-electron chi connectivity index (χ1n) is 6.98. The van der Waals surface area contributed by atoms with Gasteiger partial charge >= 0.3 is 6.36 Å². The molecule has 0 bridgehead atoms. The highest BCUT2D eigenvalue weighted by atomic mass is 19.4. The summed E-state index contributed by atoms with van der Waals surface area (Å²) in [5.74, 6) is -2.30. The van der Waals surface area contributed by atoms with Crippen molar-refractivity contribution < 1.29 is 27.5 Å². The van der Waals surface area contributed by atoms with Crippen LogP contribution in [0.1, 0.15) is 31.7 Å². The number of amides is 2. The van der Waals surface area contributed by atoms with Crippen molar-refractivity contribution in [1.29, 1.82) is 0 Å². The largest absolute Gasteiger partial charge is 0.573 e. The molecule has 0 radical (unpaired) electrons. The topological polar surface area (TPSA) is 81.4 Å². The fourth-order valence-electron chi connectivity index (χ4n) is 2.30. The Kier molecular flexibility index (Phi) is 4.28. The summed E-state index contributed by atoms with van der Waals surface area (Å²) in [6, 6.07) is 5.72. The van der Waals surface area contributed by atoms with E-state index in [0.717, 1.165) is 0 Å². The quantitative estimate of drug-likeness (QED) is 0.867. The van der Waals surface area contributed by atoms with Gasteiger partial charge in [0.2, 0.25) is 11.8 Å². The maximum atomic E-state index is 12.4. The van der Waals surface area contributed by atoms with Gasteiger partial charge in [-0.05, 0) is 37.8 Å². The van der Waals surface area contributed by atoms with Gasteiger partial charge in [0, 0.05) is 5.92 Å². The van der Waals surface area contributed by atoms with Crippen molar-refractivity contribution >= 4 is 11.8 Å². The molecule has 5 nitrogen and oxygen atoms in total. The van der Waals surface area contributed by atoms with E-state index in [4.69, 9.17) is 5.73 Å². The second kappa shape index (κ2) is 5.75. The van der Waals surface area contributed by atoms with Crippen LogP contribution in [0.2, 0.25) is 0 Å². The minimum atomic E-state index is -4.79. The number of carbonyl (C=O) groups excluding carboxylic acids is 2. The van der Waals surface area contributed by atoms with Gasteiger partial charge in [-0.25, -0.2) is 0 Å². The second-order valence-corrected chi connectivity index (χ2v) is 6.01. The Morgan fingerprint density at radius 2 is 1.87 bits per heavy atom. The fraction of sp³-hybridized carbons (Fsp3) is 0.467. The average Bonchev–Trinajstić information content (AvgIpc) is 3.17. The third-order valence-corrected chi connectivity index (χ3v) is 3.72. The van der Waals surface area contributed by atoms with Crippen LogP contribution in [0.25, 0.3) is 0 Å². The molecule has 1 saturated carbocycles. The molecular formula is C15H17F3N2O3. The Hall–Kier alpha value is -2.25. The summed E-state index contributed by atoms with van der Waals surface area (Å²) in [6.45, 7) is 2.93. The van der Waals surface area contributed by atoms with E-state index in [1.54, 1.807) is 6.07 Å². The molecule has 0 aliphatic heterocycles. The molecule has 1 aromatic carbocycles. The Balaban J connectivity index is 2.09. The fourth-order valence-corrected chi connectivity index (χ4v) is 2.30. The first-order chi connectivity index (χ1) is 10.5. The van der Waals surface area contributed by atoms with Crippen molar-refractivity contribution in [2.24, 2.45) is 11.7 Å². The summed E-state index contributed by atoms with van der Waals surface area (Å²) in [5, 5.41) is 2.51. The van der Waals surface area contributed by atoms with Gasteiger partial charge in [-0.1, -0.05) is 18.2 Å². The smallest absolute Gasteiger partial charge is 0.405 e. The van der Waals surface area contributed by atoms with Crippen LogP contribution in [-0.2, 0) is 9.59 Å². The molecule has 0 saturated heterocycles. The average molecular weight is 330 g/mol. The molecule has 126 valence electrons. The molecule has 2 amide bonds. The second-order valence-electron chi connectivity index (χ2n) is 6.01. The molecule has 3 N–H and O–H groups in total. The molecule has 2 atom stereocenters. The number of halogens is 3. The molecular weight excluding hydrogens is 313 g/mol. The summed E-state index contributed by atoms with van der Waals surface area (Å²) in [6.07, 6.45) is -4.41. The zero-order chi connectivity index (χ0) is 17.4. The van der Waals surface area contributed by atoms with Crippen molar-refractivity contribution in [1.82, 2.24) is 5.32 Å². The van der Waals surface area contributed by atoms with Gasteiger partial charge in [-0.3, -0.25) is 9.59 Å². The van der Waals surface area contributed by atoms with E-state index in [9.17, 15) is 22.8 Å². The highest BCUT2D eigenvalue weighted by Crippen LogP contribution is 2.51. The number of nitrogens with one attached hydrogen (secondary N) is 1. The monoisotopic (exact) mass is 330 g/mol. The summed E-state index contributed by atoms with van der Waals surface area (Å²) in [7, 11) is 0. The number of nitrogens with two attached hydrogens (primary N) is 1. The van der Waals surface area contributed by atoms with Crippen LogP contribution in [0.3, 0.4) is 0 Å². The molecule has 23 heavy (non-hydrogen) atoms. The number of rotatable bonds is 5. The first kappa shape index (κ1) is 17.1. The maximum Gasteiger partial charge on any atom is 0.573 e. The lowest BCUT2D eigenvalue weighted by Crippen LogP contribution is -2.53. The van der Waals surface area contributed by atoms with E-state index in [1.807, 2.05) is 0 Å².